The molecule has 0 aliphatic heterocycles. The highest BCUT2D eigenvalue weighted by atomic mass is 16.5. The van der Waals surface area contributed by atoms with Crippen LogP contribution >= 0.6 is 0 Å². The van der Waals surface area contributed by atoms with Crippen molar-refractivity contribution in [2.75, 3.05) is 18.5 Å². The van der Waals surface area contributed by atoms with Crippen LogP contribution in [-0.2, 0) is 28.9 Å². The van der Waals surface area contributed by atoms with Crippen molar-refractivity contribution in [1.29, 1.82) is 0 Å². The van der Waals surface area contributed by atoms with Gasteiger partial charge in [0.25, 0.3) is 5.91 Å². The lowest BCUT2D eigenvalue weighted by atomic mass is 9.90. The van der Waals surface area contributed by atoms with E-state index in [-0.39, 0.29) is 18.4 Å². The molecule has 2 N–H and O–H groups in total. The molecule has 0 radical (unpaired) electrons. The summed E-state index contributed by atoms with van der Waals surface area (Å²) in [6.07, 6.45) is 5.08. The Hall–Kier alpha value is -2.82. The second-order valence-electron chi connectivity index (χ2n) is 6.81. The molecule has 2 aromatic carbocycles. The van der Waals surface area contributed by atoms with E-state index in [0.717, 1.165) is 18.4 Å². The molecule has 1 aliphatic rings. The van der Waals surface area contributed by atoms with Crippen LogP contribution < -0.4 is 15.4 Å². The van der Waals surface area contributed by atoms with Crippen LogP contribution in [0.5, 0.6) is 5.75 Å². The summed E-state index contributed by atoms with van der Waals surface area (Å²) in [6.45, 7) is 2.39. The van der Waals surface area contributed by atoms with Crippen LogP contribution in [-0.4, -0.2) is 25.0 Å². The Bertz CT molecular complexity index is 817. The maximum atomic E-state index is 12.4. The van der Waals surface area contributed by atoms with E-state index in [1.807, 2.05) is 13.0 Å². The predicted octanol–water partition coefficient (Wildman–Crippen LogP) is 3.26. The van der Waals surface area contributed by atoms with Gasteiger partial charge in [-0.3, -0.25) is 9.59 Å². The van der Waals surface area contributed by atoms with Gasteiger partial charge in [0.2, 0.25) is 5.91 Å². The molecule has 5 heteroatoms. The number of anilines is 1. The molecule has 0 saturated heterocycles. The van der Waals surface area contributed by atoms with E-state index in [0.29, 0.717) is 24.4 Å². The van der Waals surface area contributed by atoms with Gasteiger partial charge in [-0.05, 0) is 61.4 Å². The van der Waals surface area contributed by atoms with E-state index < -0.39 is 0 Å². The largest absolute Gasteiger partial charge is 0.484 e. The van der Waals surface area contributed by atoms with Crippen molar-refractivity contribution >= 4 is 17.5 Å². The zero-order chi connectivity index (χ0) is 19.1. The maximum absolute atomic E-state index is 12.4. The summed E-state index contributed by atoms with van der Waals surface area (Å²) in [7, 11) is 0. The van der Waals surface area contributed by atoms with E-state index in [2.05, 4.69) is 28.8 Å². The molecule has 0 bridgehead atoms. The number of hydrogen-bond acceptors (Lipinski definition) is 3. The number of aryl methyl sites for hydroxylation is 2. The first-order valence-electron chi connectivity index (χ1n) is 9.54. The number of amides is 2. The van der Waals surface area contributed by atoms with Crippen LogP contribution in [0.1, 0.15) is 36.5 Å². The molecule has 5 nitrogen and oxygen atoms in total. The molecule has 2 aromatic rings. The average Bonchev–Trinajstić information content (AvgIpc) is 2.67. The second kappa shape index (κ2) is 9.21. The third kappa shape index (κ3) is 5.58. The molecule has 0 saturated carbocycles. The fourth-order valence-corrected chi connectivity index (χ4v) is 3.35. The smallest absolute Gasteiger partial charge is 0.257 e. The number of benzene rings is 2. The number of hydrogen-bond donors (Lipinski definition) is 2. The van der Waals surface area contributed by atoms with Gasteiger partial charge < -0.3 is 15.4 Å². The molecular weight excluding hydrogens is 340 g/mol. The Labute approximate surface area is 160 Å². The predicted molar refractivity (Wildman–Crippen MR) is 106 cm³/mol. The Kier molecular flexibility index (Phi) is 6.47. The SMILES string of the molecule is CCNC(=O)COc1cccc(NC(=O)Cc2ccc3c(c2)CCCC3)c1. The molecule has 27 heavy (non-hydrogen) atoms. The van der Waals surface area contributed by atoms with Crippen LogP contribution in [0.25, 0.3) is 0 Å². The molecule has 0 aromatic heterocycles. The molecule has 142 valence electrons. The van der Waals surface area contributed by atoms with Gasteiger partial charge in [0, 0.05) is 18.3 Å². The van der Waals surface area contributed by atoms with Crippen LogP contribution in [0.4, 0.5) is 5.69 Å². The van der Waals surface area contributed by atoms with Crippen molar-refractivity contribution in [2.24, 2.45) is 0 Å². The minimum atomic E-state index is -0.167. The topological polar surface area (TPSA) is 67.4 Å². The Balaban J connectivity index is 1.56. The zero-order valence-electron chi connectivity index (χ0n) is 15.7. The Morgan fingerprint density at radius 1 is 1.00 bits per heavy atom. The van der Waals surface area contributed by atoms with Crippen molar-refractivity contribution in [1.82, 2.24) is 5.32 Å². The molecule has 1 aliphatic carbocycles. The second-order valence-corrected chi connectivity index (χ2v) is 6.81. The molecule has 0 fully saturated rings. The van der Waals surface area contributed by atoms with Crippen LogP contribution in [0.2, 0.25) is 0 Å². The van der Waals surface area contributed by atoms with Crippen molar-refractivity contribution in [2.45, 2.75) is 39.0 Å². The number of fused-ring (bicyclic) bond motifs is 1. The third-order valence-corrected chi connectivity index (χ3v) is 4.64. The summed E-state index contributed by atoms with van der Waals surface area (Å²) in [4.78, 5) is 23.9. The quantitative estimate of drug-likeness (QED) is 0.790. The monoisotopic (exact) mass is 366 g/mol. The molecular formula is C22H26N2O3. The Morgan fingerprint density at radius 3 is 2.63 bits per heavy atom. The van der Waals surface area contributed by atoms with E-state index in [1.54, 1.807) is 18.2 Å². The number of carbonyl (C=O) groups is 2. The minimum absolute atomic E-state index is 0.0413. The van der Waals surface area contributed by atoms with Crippen molar-refractivity contribution in [3.8, 4) is 5.75 Å². The highest BCUT2D eigenvalue weighted by Crippen LogP contribution is 2.23. The highest BCUT2D eigenvalue weighted by Gasteiger charge is 2.11. The van der Waals surface area contributed by atoms with E-state index >= 15 is 0 Å². The first-order valence-corrected chi connectivity index (χ1v) is 9.54. The lowest BCUT2D eigenvalue weighted by molar-refractivity contribution is -0.123. The standard InChI is InChI=1S/C22H26N2O3/c1-2-23-22(26)15-27-20-9-5-8-19(14-20)24-21(25)13-16-10-11-17-6-3-4-7-18(17)12-16/h5,8-12,14H,2-4,6-7,13,15H2,1H3,(H,23,26)(H,24,25). The first kappa shape index (κ1) is 19.0. The summed E-state index contributed by atoms with van der Waals surface area (Å²) in [5, 5.41) is 5.58. The third-order valence-electron chi connectivity index (χ3n) is 4.64. The van der Waals surface area contributed by atoms with Gasteiger partial charge in [0.15, 0.2) is 6.61 Å². The molecule has 2 amide bonds. The van der Waals surface area contributed by atoms with Gasteiger partial charge >= 0.3 is 0 Å². The zero-order valence-corrected chi connectivity index (χ0v) is 15.7. The van der Waals surface area contributed by atoms with Crippen molar-refractivity contribution in [3.05, 3.63) is 59.2 Å². The number of ether oxygens (including phenoxy) is 1. The lowest BCUT2D eigenvalue weighted by Crippen LogP contribution is -2.28. The van der Waals surface area contributed by atoms with Gasteiger partial charge in [-0.25, -0.2) is 0 Å². The molecule has 3 rings (SSSR count). The summed E-state index contributed by atoms with van der Waals surface area (Å²) < 4.78 is 5.46. The number of nitrogens with one attached hydrogen (secondary N) is 2. The normalized spacial score (nSPS) is 12.8. The van der Waals surface area contributed by atoms with E-state index in [9.17, 15) is 9.59 Å². The molecule has 0 atom stereocenters. The molecule has 0 heterocycles. The summed E-state index contributed by atoms with van der Waals surface area (Å²) in [6, 6.07) is 13.5. The van der Waals surface area contributed by atoms with E-state index in [4.69, 9.17) is 4.74 Å². The van der Waals surface area contributed by atoms with Crippen LogP contribution in [0.15, 0.2) is 42.5 Å². The van der Waals surface area contributed by atoms with Gasteiger partial charge in [0.1, 0.15) is 5.75 Å². The van der Waals surface area contributed by atoms with Crippen LogP contribution in [0, 0.1) is 0 Å². The van der Waals surface area contributed by atoms with Gasteiger partial charge in [-0.15, -0.1) is 0 Å². The summed E-state index contributed by atoms with van der Waals surface area (Å²) >= 11 is 0. The van der Waals surface area contributed by atoms with Crippen molar-refractivity contribution < 1.29 is 14.3 Å². The summed E-state index contributed by atoms with van der Waals surface area (Å²) in [5.74, 6) is 0.318. The number of rotatable bonds is 7. The lowest BCUT2D eigenvalue weighted by Gasteiger charge is -2.16. The summed E-state index contributed by atoms with van der Waals surface area (Å²) in [5.41, 5.74) is 4.50. The Morgan fingerprint density at radius 2 is 1.81 bits per heavy atom. The fraction of sp³-hybridized carbons (Fsp3) is 0.364. The van der Waals surface area contributed by atoms with Crippen LogP contribution in [0.3, 0.4) is 0 Å². The first-order chi connectivity index (χ1) is 13.1. The average molecular weight is 366 g/mol. The highest BCUT2D eigenvalue weighted by molar-refractivity contribution is 5.92. The fourth-order valence-electron chi connectivity index (χ4n) is 3.35. The van der Waals surface area contributed by atoms with E-state index in [1.165, 1.54) is 24.0 Å². The minimum Gasteiger partial charge on any atom is -0.484 e. The molecule has 0 spiro atoms. The van der Waals surface area contributed by atoms with Gasteiger partial charge in [-0.1, -0.05) is 24.3 Å². The number of carbonyl (C=O) groups excluding carboxylic acids is 2. The van der Waals surface area contributed by atoms with Crippen molar-refractivity contribution in [3.63, 3.8) is 0 Å². The van der Waals surface area contributed by atoms with Gasteiger partial charge in [0.05, 0.1) is 6.42 Å². The van der Waals surface area contributed by atoms with Gasteiger partial charge in [-0.2, -0.15) is 0 Å². The number of likely N-dealkylation sites (N-methyl/N-ethyl adjacent to an activating group) is 1. The molecule has 0 unspecified atom stereocenters. The maximum Gasteiger partial charge on any atom is 0.257 e.